The van der Waals surface area contributed by atoms with Crippen molar-refractivity contribution in [2.75, 3.05) is 6.54 Å². The molecule has 0 aliphatic heterocycles. The lowest BCUT2D eigenvalue weighted by Gasteiger charge is -2.02. The van der Waals surface area contributed by atoms with Gasteiger partial charge in [0.05, 0.1) is 0 Å². The van der Waals surface area contributed by atoms with Gasteiger partial charge in [-0.25, -0.2) is 0 Å². The molecule has 0 atom stereocenters. The van der Waals surface area contributed by atoms with Gasteiger partial charge in [0.1, 0.15) is 0 Å². The van der Waals surface area contributed by atoms with E-state index in [1.807, 2.05) is 0 Å². The number of hydrogen-bond acceptors (Lipinski definition) is 2. The Morgan fingerprint density at radius 2 is 1.75 bits per heavy atom. The van der Waals surface area contributed by atoms with E-state index >= 15 is 0 Å². The van der Waals surface area contributed by atoms with E-state index in [1.165, 1.54) is 11.1 Å². The molecule has 0 saturated carbocycles. The van der Waals surface area contributed by atoms with Crippen molar-refractivity contribution in [3.63, 3.8) is 0 Å². The van der Waals surface area contributed by atoms with Crippen LogP contribution in [0.25, 0.3) is 0 Å². The average Bonchev–Trinajstić information content (AvgIpc) is 2.15. The Kier molecular flexibility index (Phi) is 3.77. The van der Waals surface area contributed by atoms with E-state index in [1.54, 1.807) is 0 Å². The molecule has 2 heteroatoms. The molecule has 2 nitrogen and oxygen atoms in total. The van der Waals surface area contributed by atoms with Crippen LogP contribution < -0.4 is 11.1 Å². The molecule has 0 unspecified atom stereocenters. The molecule has 0 bridgehead atoms. The summed E-state index contributed by atoms with van der Waals surface area (Å²) < 4.78 is 0. The highest BCUT2D eigenvalue weighted by atomic mass is 14.8. The SMILES string of the molecule is CCNCc1ccc(CN)cc1. The van der Waals surface area contributed by atoms with Gasteiger partial charge in [-0.15, -0.1) is 0 Å². The quantitative estimate of drug-likeness (QED) is 0.703. The molecule has 0 aliphatic rings. The second-order valence-electron chi connectivity index (χ2n) is 2.80. The number of nitrogens with one attached hydrogen (secondary N) is 1. The van der Waals surface area contributed by atoms with Gasteiger partial charge >= 0.3 is 0 Å². The molecule has 1 aromatic carbocycles. The van der Waals surface area contributed by atoms with Crippen molar-refractivity contribution in [1.82, 2.24) is 5.32 Å². The average molecular weight is 164 g/mol. The molecule has 0 saturated heterocycles. The van der Waals surface area contributed by atoms with E-state index in [0.29, 0.717) is 6.54 Å². The normalized spacial score (nSPS) is 10.2. The van der Waals surface area contributed by atoms with E-state index < -0.39 is 0 Å². The topological polar surface area (TPSA) is 38.0 Å². The fourth-order valence-electron chi connectivity index (χ4n) is 1.06. The van der Waals surface area contributed by atoms with Gasteiger partial charge in [0.2, 0.25) is 0 Å². The van der Waals surface area contributed by atoms with Gasteiger partial charge in [-0.2, -0.15) is 0 Å². The molecule has 0 aromatic heterocycles. The van der Waals surface area contributed by atoms with Gasteiger partial charge in [0.25, 0.3) is 0 Å². The molecule has 66 valence electrons. The van der Waals surface area contributed by atoms with E-state index in [2.05, 4.69) is 36.5 Å². The maximum Gasteiger partial charge on any atom is 0.0205 e. The summed E-state index contributed by atoms with van der Waals surface area (Å²) in [5.41, 5.74) is 7.99. The highest BCUT2D eigenvalue weighted by Crippen LogP contribution is 2.02. The molecule has 1 aromatic rings. The second kappa shape index (κ2) is 4.91. The smallest absolute Gasteiger partial charge is 0.0205 e. The minimum Gasteiger partial charge on any atom is -0.326 e. The van der Waals surface area contributed by atoms with Crippen LogP contribution in [0.15, 0.2) is 24.3 Å². The first-order valence-electron chi connectivity index (χ1n) is 4.35. The summed E-state index contributed by atoms with van der Waals surface area (Å²) in [5.74, 6) is 0. The summed E-state index contributed by atoms with van der Waals surface area (Å²) in [7, 11) is 0. The summed E-state index contributed by atoms with van der Waals surface area (Å²) in [6.07, 6.45) is 0. The van der Waals surface area contributed by atoms with Crippen LogP contribution in [0.2, 0.25) is 0 Å². The first-order chi connectivity index (χ1) is 5.86. The molecule has 0 amide bonds. The molecule has 0 aliphatic carbocycles. The summed E-state index contributed by atoms with van der Waals surface area (Å²) in [6, 6.07) is 8.38. The van der Waals surface area contributed by atoms with Crippen molar-refractivity contribution >= 4 is 0 Å². The van der Waals surface area contributed by atoms with Crippen LogP contribution in [0.1, 0.15) is 18.1 Å². The first-order valence-corrected chi connectivity index (χ1v) is 4.35. The van der Waals surface area contributed by atoms with E-state index in [4.69, 9.17) is 5.73 Å². The third-order valence-electron chi connectivity index (χ3n) is 1.84. The third-order valence-corrected chi connectivity index (χ3v) is 1.84. The molecule has 0 fully saturated rings. The summed E-state index contributed by atoms with van der Waals surface area (Å²) in [6.45, 7) is 4.69. The molecule has 0 heterocycles. The van der Waals surface area contributed by atoms with Crippen LogP contribution in [-0.2, 0) is 13.1 Å². The maximum absolute atomic E-state index is 5.48. The van der Waals surface area contributed by atoms with Gasteiger partial charge in [0, 0.05) is 13.1 Å². The van der Waals surface area contributed by atoms with Gasteiger partial charge < -0.3 is 11.1 Å². The van der Waals surface area contributed by atoms with Crippen LogP contribution in [-0.4, -0.2) is 6.54 Å². The van der Waals surface area contributed by atoms with Crippen LogP contribution in [0, 0.1) is 0 Å². The maximum atomic E-state index is 5.48. The first kappa shape index (κ1) is 9.23. The van der Waals surface area contributed by atoms with Crippen LogP contribution >= 0.6 is 0 Å². The van der Waals surface area contributed by atoms with Crippen molar-refractivity contribution in [3.8, 4) is 0 Å². The Hall–Kier alpha value is -0.860. The van der Waals surface area contributed by atoms with Gasteiger partial charge in [-0.3, -0.25) is 0 Å². The summed E-state index contributed by atoms with van der Waals surface area (Å²) >= 11 is 0. The molecular formula is C10H16N2. The number of nitrogens with two attached hydrogens (primary N) is 1. The van der Waals surface area contributed by atoms with Crippen LogP contribution in [0.4, 0.5) is 0 Å². The molecule has 12 heavy (non-hydrogen) atoms. The van der Waals surface area contributed by atoms with E-state index in [0.717, 1.165) is 13.1 Å². The Morgan fingerprint density at radius 1 is 1.17 bits per heavy atom. The minimum absolute atomic E-state index is 0.626. The predicted octanol–water partition coefficient (Wildman–Crippen LogP) is 1.25. The van der Waals surface area contributed by atoms with Crippen LogP contribution in [0.3, 0.4) is 0 Å². The largest absolute Gasteiger partial charge is 0.326 e. The van der Waals surface area contributed by atoms with Crippen molar-refractivity contribution < 1.29 is 0 Å². The lowest BCUT2D eigenvalue weighted by atomic mass is 10.1. The number of hydrogen-bond donors (Lipinski definition) is 2. The predicted molar refractivity (Wildman–Crippen MR) is 51.7 cm³/mol. The molecule has 1 rings (SSSR count). The highest BCUT2D eigenvalue weighted by Gasteiger charge is 1.91. The Labute approximate surface area is 73.8 Å². The third kappa shape index (κ3) is 2.64. The zero-order valence-electron chi connectivity index (χ0n) is 7.51. The molecular weight excluding hydrogens is 148 g/mol. The van der Waals surface area contributed by atoms with Gasteiger partial charge in [-0.1, -0.05) is 31.2 Å². The van der Waals surface area contributed by atoms with Crippen LogP contribution in [0.5, 0.6) is 0 Å². The lowest BCUT2D eigenvalue weighted by molar-refractivity contribution is 0.726. The van der Waals surface area contributed by atoms with Crippen molar-refractivity contribution in [2.45, 2.75) is 20.0 Å². The number of rotatable bonds is 4. The standard InChI is InChI=1S/C10H16N2/c1-2-12-8-10-5-3-9(7-11)4-6-10/h3-6,12H,2,7-8,11H2,1H3. The van der Waals surface area contributed by atoms with E-state index in [9.17, 15) is 0 Å². The second-order valence-corrected chi connectivity index (χ2v) is 2.80. The summed E-state index contributed by atoms with van der Waals surface area (Å²) in [5, 5.41) is 3.27. The van der Waals surface area contributed by atoms with E-state index in [-0.39, 0.29) is 0 Å². The van der Waals surface area contributed by atoms with Crippen molar-refractivity contribution in [2.24, 2.45) is 5.73 Å². The van der Waals surface area contributed by atoms with Gasteiger partial charge in [0.15, 0.2) is 0 Å². The molecule has 0 radical (unpaired) electrons. The lowest BCUT2D eigenvalue weighted by Crippen LogP contribution is -2.11. The fourth-order valence-corrected chi connectivity index (χ4v) is 1.06. The van der Waals surface area contributed by atoms with Crippen molar-refractivity contribution in [3.05, 3.63) is 35.4 Å². The monoisotopic (exact) mass is 164 g/mol. The van der Waals surface area contributed by atoms with Crippen molar-refractivity contribution in [1.29, 1.82) is 0 Å². The summed E-state index contributed by atoms with van der Waals surface area (Å²) in [4.78, 5) is 0. The number of benzene rings is 1. The fraction of sp³-hybridized carbons (Fsp3) is 0.400. The van der Waals surface area contributed by atoms with Gasteiger partial charge in [-0.05, 0) is 17.7 Å². The Morgan fingerprint density at radius 3 is 2.25 bits per heavy atom. The zero-order chi connectivity index (χ0) is 8.81. The Balaban J connectivity index is 2.53. The molecule has 0 spiro atoms. The molecule has 3 N–H and O–H groups in total. The highest BCUT2D eigenvalue weighted by molar-refractivity contribution is 5.22. The Bertz CT molecular complexity index is 216. The minimum atomic E-state index is 0.626. The zero-order valence-corrected chi connectivity index (χ0v) is 7.51.